The maximum atomic E-state index is 14.0. The molecule has 0 aromatic heterocycles. The molecule has 1 unspecified atom stereocenters. The molecule has 0 bridgehead atoms. The van der Waals surface area contributed by atoms with E-state index in [1.165, 1.54) is 37.3 Å². The summed E-state index contributed by atoms with van der Waals surface area (Å²) in [4.78, 5) is 28.1. The van der Waals surface area contributed by atoms with E-state index in [2.05, 4.69) is 21.2 Å². The summed E-state index contributed by atoms with van der Waals surface area (Å²) in [5.41, 5.74) is 1.65. The molecule has 0 heterocycles. The summed E-state index contributed by atoms with van der Waals surface area (Å²) in [5.74, 6) is -0.554. The molecule has 3 aromatic rings. The van der Waals surface area contributed by atoms with E-state index >= 15 is 0 Å². The molecule has 8 nitrogen and oxygen atoms in total. The molecule has 1 atom stereocenters. The van der Waals surface area contributed by atoms with Crippen molar-refractivity contribution in [3.63, 3.8) is 0 Å². The lowest BCUT2D eigenvalue weighted by molar-refractivity contribution is -0.140. The van der Waals surface area contributed by atoms with Crippen molar-refractivity contribution >= 4 is 66.7 Å². The maximum absolute atomic E-state index is 14.0. The van der Waals surface area contributed by atoms with Crippen LogP contribution in [0.5, 0.6) is 5.75 Å². The lowest BCUT2D eigenvalue weighted by Crippen LogP contribution is -2.51. The van der Waals surface area contributed by atoms with Crippen LogP contribution in [0.25, 0.3) is 0 Å². The van der Waals surface area contributed by atoms with Gasteiger partial charge < -0.3 is 15.0 Å². The van der Waals surface area contributed by atoms with Gasteiger partial charge in [-0.1, -0.05) is 53.9 Å². The molecule has 0 fully saturated rings. The van der Waals surface area contributed by atoms with Gasteiger partial charge in [-0.15, -0.1) is 0 Å². The minimum Gasteiger partial charge on any atom is -0.496 e. The van der Waals surface area contributed by atoms with Crippen LogP contribution in [0.15, 0.2) is 70.0 Å². The van der Waals surface area contributed by atoms with Gasteiger partial charge in [0.15, 0.2) is 0 Å². The van der Waals surface area contributed by atoms with E-state index in [9.17, 15) is 18.0 Å². The first-order valence-electron chi connectivity index (χ1n) is 12.3. The Labute approximate surface area is 253 Å². The van der Waals surface area contributed by atoms with E-state index < -0.39 is 34.4 Å². The number of aryl methyl sites for hydroxylation is 1. The van der Waals surface area contributed by atoms with E-state index in [4.69, 9.17) is 27.9 Å². The minimum absolute atomic E-state index is 0.0485. The third-order valence-electron chi connectivity index (χ3n) is 6.33. The lowest BCUT2D eigenvalue weighted by atomic mass is 10.1. The number of carbonyl (C=O) groups excluding carboxylic acids is 2. The number of halogens is 3. The largest absolute Gasteiger partial charge is 0.496 e. The van der Waals surface area contributed by atoms with Crippen LogP contribution in [0.3, 0.4) is 0 Å². The van der Waals surface area contributed by atoms with Crippen molar-refractivity contribution in [2.24, 2.45) is 0 Å². The van der Waals surface area contributed by atoms with Gasteiger partial charge in [-0.05, 0) is 71.7 Å². The van der Waals surface area contributed by atoms with Crippen molar-refractivity contribution in [3.05, 3.63) is 86.3 Å². The van der Waals surface area contributed by atoms with Crippen LogP contribution < -0.4 is 14.4 Å². The third kappa shape index (κ3) is 7.09. The number of carbonyl (C=O) groups is 2. The number of nitrogens with zero attached hydrogens (tertiary/aromatic N) is 2. The second-order valence-electron chi connectivity index (χ2n) is 8.90. The molecule has 214 valence electrons. The molecule has 12 heteroatoms. The molecule has 3 aromatic carbocycles. The lowest BCUT2D eigenvalue weighted by Gasteiger charge is -2.33. The number of hydrogen-bond donors (Lipinski definition) is 1. The third-order valence-corrected chi connectivity index (χ3v) is 9.43. The number of rotatable bonds is 11. The fourth-order valence-corrected chi connectivity index (χ4v) is 6.76. The first-order chi connectivity index (χ1) is 18.9. The van der Waals surface area contributed by atoms with Crippen LogP contribution in [-0.2, 0) is 26.2 Å². The number of anilines is 1. The van der Waals surface area contributed by atoms with E-state index in [-0.39, 0.29) is 23.5 Å². The number of hydrogen-bond acceptors (Lipinski definition) is 5. The average Bonchev–Trinajstić information content (AvgIpc) is 2.93. The van der Waals surface area contributed by atoms with Gasteiger partial charge in [0.2, 0.25) is 11.8 Å². The van der Waals surface area contributed by atoms with Gasteiger partial charge >= 0.3 is 0 Å². The van der Waals surface area contributed by atoms with Crippen LogP contribution in [0.2, 0.25) is 10.0 Å². The SMILES string of the molecule is CCC(C(=O)NC)N(Cc1c(Cl)cccc1Cl)C(=O)CN(c1ccc(C)cc1)S(=O)(=O)c1ccc(OC)c(Br)c1. The summed E-state index contributed by atoms with van der Waals surface area (Å²) < 4.78 is 34.7. The highest BCUT2D eigenvalue weighted by Gasteiger charge is 2.34. The number of benzene rings is 3. The van der Waals surface area contributed by atoms with Gasteiger partial charge in [-0.25, -0.2) is 8.42 Å². The van der Waals surface area contributed by atoms with Crippen molar-refractivity contribution in [1.29, 1.82) is 0 Å². The second-order valence-corrected chi connectivity index (χ2v) is 12.4. The Hall–Kier alpha value is -2.79. The zero-order valence-electron chi connectivity index (χ0n) is 22.4. The predicted molar refractivity (Wildman–Crippen MR) is 162 cm³/mol. The first kappa shape index (κ1) is 31.7. The van der Waals surface area contributed by atoms with E-state index in [0.717, 1.165) is 9.87 Å². The van der Waals surface area contributed by atoms with Gasteiger partial charge in [0, 0.05) is 29.2 Å². The molecule has 0 radical (unpaired) electrons. The Morgan fingerprint density at radius 3 is 2.20 bits per heavy atom. The summed E-state index contributed by atoms with van der Waals surface area (Å²) in [5, 5.41) is 3.23. The Balaban J connectivity index is 2.11. The van der Waals surface area contributed by atoms with Crippen molar-refractivity contribution < 1.29 is 22.7 Å². The molecule has 3 rings (SSSR count). The van der Waals surface area contributed by atoms with E-state index in [1.807, 2.05) is 6.92 Å². The molecule has 0 aliphatic rings. The van der Waals surface area contributed by atoms with Crippen LogP contribution in [0.1, 0.15) is 24.5 Å². The Bertz CT molecular complexity index is 1470. The fourth-order valence-electron chi connectivity index (χ4n) is 4.11. The van der Waals surface area contributed by atoms with Gasteiger partial charge in [0.05, 0.1) is 22.2 Å². The summed E-state index contributed by atoms with van der Waals surface area (Å²) in [6.07, 6.45) is 0.274. The number of nitrogens with one attached hydrogen (secondary N) is 1. The van der Waals surface area contributed by atoms with Gasteiger partial charge in [-0.2, -0.15) is 0 Å². The highest BCUT2D eigenvalue weighted by Crippen LogP contribution is 2.32. The van der Waals surface area contributed by atoms with Crippen LogP contribution in [-0.4, -0.2) is 51.9 Å². The number of amides is 2. The van der Waals surface area contributed by atoms with Crippen molar-refractivity contribution in [1.82, 2.24) is 10.2 Å². The van der Waals surface area contributed by atoms with E-state index in [1.54, 1.807) is 49.4 Å². The number of ether oxygens (including phenoxy) is 1. The fraction of sp³-hybridized carbons (Fsp3) is 0.286. The Morgan fingerprint density at radius 1 is 1.05 bits per heavy atom. The smallest absolute Gasteiger partial charge is 0.264 e. The molecule has 1 N–H and O–H groups in total. The molecule has 2 amide bonds. The molecule has 0 saturated carbocycles. The van der Waals surface area contributed by atoms with Crippen molar-refractivity contribution in [2.45, 2.75) is 37.8 Å². The molecule has 0 aliphatic heterocycles. The monoisotopic (exact) mass is 669 g/mol. The highest BCUT2D eigenvalue weighted by molar-refractivity contribution is 9.10. The summed E-state index contributed by atoms with van der Waals surface area (Å²) in [6.45, 7) is 2.96. The standard InChI is InChI=1S/C28H30BrCl2N3O5S/c1-5-25(28(36)32-3)33(16-21-23(30)7-6-8-24(21)31)27(35)17-34(19-11-9-18(2)10-12-19)40(37,38)20-13-14-26(39-4)22(29)15-20/h6-15,25H,5,16-17H2,1-4H3,(H,32,36). The molecule has 0 spiro atoms. The topological polar surface area (TPSA) is 96.0 Å². The molecule has 40 heavy (non-hydrogen) atoms. The number of sulfonamides is 1. The normalized spacial score (nSPS) is 12.0. The number of methoxy groups -OCH3 is 1. The highest BCUT2D eigenvalue weighted by atomic mass is 79.9. The van der Waals surface area contributed by atoms with Crippen molar-refractivity contribution in [3.8, 4) is 5.75 Å². The minimum atomic E-state index is -4.24. The zero-order chi connectivity index (χ0) is 29.6. The molecule has 0 saturated heterocycles. The van der Waals surface area contributed by atoms with Crippen LogP contribution in [0, 0.1) is 6.92 Å². The first-order valence-corrected chi connectivity index (χ1v) is 15.3. The predicted octanol–water partition coefficient (Wildman–Crippen LogP) is 5.82. The average molecular weight is 671 g/mol. The summed E-state index contributed by atoms with van der Waals surface area (Å²) >= 11 is 16.1. The molecular formula is C28H30BrCl2N3O5S. The van der Waals surface area contributed by atoms with E-state index in [0.29, 0.717) is 25.8 Å². The molecular weight excluding hydrogens is 641 g/mol. The Kier molecular flexibility index (Phi) is 10.9. The van der Waals surface area contributed by atoms with Crippen molar-refractivity contribution in [2.75, 3.05) is 25.0 Å². The zero-order valence-corrected chi connectivity index (χ0v) is 26.4. The van der Waals surface area contributed by atoms with Gasteiger partial charge in [0.1, 0.15) is 18.3 Å². The van der Waals surface area contributed by atoms with Crippen LogP contribution in [0.4, 0.5) is 5.69 Å². The quantitative estimate of drug-likeness (QED) is 0.277. The van der Waals surface area contributed by atoms with Gasteiger partial charge in [0.25, 0.3) is 10.0 Å². The van der Waals surface area contributed by atoms with Gasteiger partial charge in [-0.3, -0.25) is 13.9 Å². The second kappa shape index (κ2) is 13.7. The summed E-state index contributed by atoms with van der Waals surface area (Å²) in [7, 11) is -1.30. The van der Waals surface area contributed by atoms with Crippen LogP contribution >= 0.6 is 39.1 Å². The number of likely N-dealkylation sites (N-methyl/N-ethyl adjacent to an activating group) is 1. The maximum Gasteiger partial charge on any atom is 0.264 e. The molecule has 0 aliphatic carbocycles. The summed E-state index contributed by atoms with van der Waals surface area (Å²) in [6, 6.07) is 15.2. The Morgan fingerprint density at radius 2 is 1.68 bits per heavy atom.